The molecule has 2 aromatic rings. The van der Waals surface area contributed by atoms with Gasteiger partial charge in [0.05, 0.1) is 0 Å². The van der Waals surface area contributed by atoms with Crippen molar-refractivity contribution in [3.8, 4) is 0 Å². The average molecular weight is 253 g/mol. The second-order valence-corrected chi connectivity index (χ2v) is 6.31. The minimum atomic E-state index is 0.219. The van der Waals surface area contributed by atoms with Crippen molar-refractivity contribution in [2.24, 2.45) is 0 Å². The highest BCUT2D eigenvalue weighted by Gasteiger charge is 2.12. The summed E-state index contributed by atoms with van der Waals surface area (Å²) in [7, 11) is 0. The molecule has 2 rings (SSSR count). The molecular weight excluding hydrogens is 230 g/mol. The third-order valence-electron chi connectivity index (χ3n) is 3.56. The lowest BCUT2D eigenvalue weighted by Gasteiger charge is -2.19. The number of hydrogen-bond acceptors (Lipinski definition) is 1. The van der Waals surface area contributed by atoms with E-state index in [0.29, 0.717) is 0 Å². The van der Waals surface area contributed by atoms with E-state index in [1.165, 1.54) is 16.7 Å². The van der Waals surface area contributed by atoms with E-state index in [1.807, 2.05) is 6.07 Å². The summed E-state index contributed by atoms with van der Waals surface area (Å²) in [6, 6.07) is 15.2. The standard InChI is InChI=1S/C18H23N/c1-13-11-15(7-10-17(13)19)12-14-5-8-16(9-6-14)18(2,3)4/h5-11H,12,19H2,1-4H3. The second kappa shape index (κ2) is 5.08. The Labute approximate surface area is 116 Å². The Kier molecular flexibility index (Phi) is 3.66. The number of hydrogen-bond donors (Lipinski definition) is 1. The Morgan fingerprint density at radius 1 is 0.895 bits per heavy atom. The van der Waals surface area contributed by atoms with Crippen LogP contribution in [0.4, 0.5) is 5.69 Å². The van der Waals surface area contributed by atoms with Gasteiger partial charge in [-0.3, -0.25) is 0 Å². The minimum Gasteiger partial charge on any atom is -0.399 e. The van der Waals surface area contributed by atoms with Crippen LogP contribution in [0.5, 0.6) is 0 Å². The van der Waals surface area contributed by atoms with Gasteiger partial charge < -0.3 is 5.73 Å². The van der Waals surface area contributed by atoms with Gasteiger partial charge in [0.25, 0.3) is 0 Å². The van der Waals surface area contributed by atoms with Crippen molar-refractivity contribution < 1.29 is 0 Å². The van der Waals surface area contributed by atoms with Crippen molar-refractivity contribution in [3.63, 3.8) is 0 Å². The van der Waals surface area contributed by atoms with E-state index in [1.54, 1.807) is 0 Å². The first-order valence-electron chi connectivity index (χ1n) is 6.81. The molecule has 0 radical (unpaired) electrons. The fraction of sp³-hybridized carbons (Fsp3) is 0.333. The fourth-order valence-electron chi connectivity index (χ4n) is 2.21. The van der Waals surface area contributed by atoms with E-state index >= 15 is 0 Å². The molecule has 0 atom stereocenters. The molecule has 0 heterocycles. The Morgan fingerprint density at radius 3 is 2.00 bits per heavy atom. The molecule has 0 aliphatic rings. The first-order chi connectivity index (χ1) is 8.86. The van der Waals surface area contributed by atoms with Crippen molar-refractivity contribution in [3.05, 3.63) is 64.7 Å². The van der Waals surface area contributed by atoms with Crippen LogP contribution in [0.3, 0.4) is 0 Å². The van der Waals surface area contributed by atoms with Crippen LogP contribution in [0, 0.1) is 6.92 Å². The Morgan fingerprint density at radius 2 is 1.47 bits per heavy atom. The van der Waals surface area contributed by atoms with E-state index < -0.39 is 0 Å². The monoisotopic (exact) mass is 253 g/mol. The van der Waals surface area contributed by atoms with Gasteiger partial charge in [-0.25, -0.2) is 0 Å². The van der Waals surface area contributed by atoms with Gasteiger partial charge >= 0.3 is 0 Å². The van der Waals surface area contributed by atoms with Crippen LogP contribution in [-0.4, -0.2) is 0 Å². The summed E-state index contributed by atoms with van der Waals surface area (Å²) < 4.78 is 0. The predicted octanol–water partition coefficient (Wildman–Crippen LogP) is 4.47. The summed E-state index contributed by atoms with van der Waals surface area (Å²) in [4.78, 5) is 0. The number of aryl methyl sites for hydroxylation is 1. The summed E-state index contributed by atoms with van der Waals surface area (Å²) in [5.74, 6) is 0. The normalized spacial score (nSPS) is 11.6. The number of benzene rings is 2. The van der Waals surface area contributed by atoms with Gasteiger partial charge in [0.15, 0.2) is 0 Å². The number of nitrogen functional groups attached to an aromatic ring is 1. The summed E-state index contributed by atoms with van der Waals surface area (Å²) in [6.07, 6.45) is 0.964. The molecule has 0 amide bonds. The first-order valence-corrected chi connectivity index (χ1v) is 6.81. The molecule has 2 N–H and O–H groups in total. The van der Waals surface area contributed by atoms with Crippen LogP contribution in [0.1, 0.15) is 43.0 Å². The highest BCUT2D eigenvalue weighted by molar-refractivity contribution is 5.48. The maximum absolute atomic E-state index is 5.85. The second-order valence-electron chi connectivity index (χ2n) is 6.31. The Bertz CT molecular complexity index is 559. The molecule has 19 heavy (non-hydrogen) atoms. The van der Waals surface area contributed by atoms with Crippen molar-refractivity contribution in [2.75, 3.05) is 5.73 Å². The van der Waals surface area contributed by atoms with Crippen molar-refractivity contribution >= 4 is 5.69 Å². The van der Waals surface area contributed by atoms with E-state index in [9.17, 15) is 0 Å². The predicted molar refractivity (Wildman–Crippen MR) is 83.5 cm³/mol. The summed E-state index contributed by atoms with van der Waals surface area (Å²) >= 11 is 0. The number of nitrogens with two attached hydrogens (primary N) is 1. The highest BCUT2D eigenvalue weighted by atomic mass is 14.5. The van der Waals surface area contributed by atoms with Gasteiger partial charge in [-0.1, -0.05) is 57.2 Å². The van der Waals surface area contributed by atoms with Crippen LogP contribution in [0.15, 0.2) is 42.5 Å². The van der Waals surface area contributed by atoms with Gasteiger partial charge in [-0.15, -0.1) is 0 Å². The van der Waals surface area contributed by atoms with Crippen LogP contribution >= 0.6 is 0 Å². The maximum Gasteiger partial charge on any atom is 0.0343 e. The van der Waals surface area contributed by atoms with Crippen LogP contribution in [0.2, 0.25) is 0 Å². The third-order valence-corrected chi connectivity index (χ3v) is 3.56. The summed E-state index contributed by atoms with van der Waals surface area (Å²) in [6.45, 7) is 8.78. The topological polar surface area (TPSA) is 26.0 Å². The van der Waals surface area contributed by atoms with Gasteiger partial charge in [0, 0.05) is 5.69 Å². The molecule has 0 spiro atoms. The molecule has 0 fully saturated rings. The average Bonchev–Trinajstić information content (AvgIpc) is 2.33. The molecule has 100 valence electrons. The highest BCUT2D eigenvalue weighted by Crippen LogP contribution is 2.23. The SMILES string of the molecule is Cc1cc(Cc2ccc(C(C)(C)C)cc2)ccc1N. The lowest BCUT2D eigenvalue weighted by atomic mass is 9.86. The quantitative estimate of drug-likeness (QED) is 0.785. The van der Waals surface area contributed by atoms with Gasteiger partial charge in [-0.05, 0) is 47.1 Å². The van der Waals surface area contributed by atoms with E-state index in [-0.39, 0.29) is 5.41 Å². The number of rotatable bonds is 2. The molecule has 0 saturated heterocycles. The summed E-state index contributed by atoms with van der Waals surface area (Å²) in [5.41, 5.74) is 12.1. The lowest BCUT2D eigenvalue weighted by molar-refractivity contribution is 0.590. The largest absolute Gasteiger partial charge is 0.399 e. The molecule has 1 nitrogen and oxygen atoms in total. The number of anilines is 1. The molecular formula is C18H23N. The molecule has 0 aliphatic heterocycles. The van der Waals surface area contributed by atoms with E-state index in [2.05, 4.69) is 64.1 Å². The van der Waals surface area contributed by atoms with E-state index in [4.69, 9.17) is 5.73 Å². The summed E-state index contributed by atoms with van der Waals surface area (Å²) in [5, 5.41) is 0. The van der Waals surface area contributed by atoms with Crippen LogP contribution < -0.4 is 5.73 Å². The smallest absolute Gasteiger partial charge is 0.0343 e. The van der Waals surface area contributed by atoms with Crippen molar-refractivity contribution in [1.82, 2.24) is 0 Å². The van der Waals surface area contributed by atoms with Crippen LogP contribution in [0.25, 0.3) is 0 Å². The minimum absolute atomic E-state index is 0.219. The van der Waals surface area contributed by atoms with Crippen molar-refractivity contribution in [1.29, 1.82) is 0 Å². The molecule has 0 bridgehead atoms. The van der Waals surface area contributed by atoms with Gasteiger partial charge in [0.2, 0.25) is 0 Å². The van der Waals surface area contributed by atoms with E-state index in [0.717, 1.165) is 17.7 Å². The Balaban J connectivity index is 2.17. The fourth-order valence-corrected chi connectivity index (χ4v) is 2.21. The van der Waals surface area contributed by atoms with Crippen molar-refractivity contribution in [2.45, 2.75) is 39.5 Å². The molecule has 2 aromatic carbocycles. The molecule has 0 aromatic heterocycles. The maximum atomic E-state index is 5.85. The first kappa shape index (κ1) is 13.7. The zero-order valence-corrected chi connectivity index (χ0v) is 12.3. The molecule has 0 unspecified atom stereocenters. The molecule has 1 heteroatoms. The van der Waals surface area contributed by atoms with Gasteiger partial charge in [-0.2, -0.15) is 0 Å². The van der Waals surface area contributed by atoms with Gasteiger partial charge in [0.1, 0.15) is 0 Å². The molecule has 0 saturated carbocycles. The zero-order valence-electron chi connectivity index (χ0n) is 12.3. The lowest BCUT2D eigenvalue weighted by Crippen LogP contribution is -2.10. The Hall–Kier alpha value is -1.76. The third kappa shape index (κ3) is 3.37. The van der Waals surface area contributed by atoms with Crippen LogP contribution in [-0.2, 0) is 11.8 Å². The zero-order chi connectivity index (χ0) is 14.0. The molecule has 0 aliphatic carbocycles.